The summed E-state index contributed by atoms with van der Waals surface area (Å²) in [6, 6.07) is 21.9. The number of H-pyrrole nitrogens is 2. The molecule has 2 N–H and O–H groups in total. The molecule has 0 spiro atoms. The van der Waals surface area contributed by atoms with Crippen molar-refractivity contribution in [3.8, 4) is 33.0 Å². The average Bonchev–Trinajstić information content (AvgIpc) is 3.70. The lowest BCUT2D eigenvalue weighted by Crippen LogP contribution is -2.18. The van der Waals surface area contributed by atoms with Gasteiger partial charge in [-0.05, 0) is 86.4 Å². The summed E-state index contributed by atoms with van der Waals surface area (Å²) < 4.78 is 0. The maximum atomic E-state index is 4.71. The highest BCUT2D eigenvalue weighted by Gasteiger charge is 2.16. The van der Waals surface area contributed by atoms with Gasteiger partial charge in [0, 0.05) is 56.1 Å². The van der Waals surface area contributed by atoms with Crippen molar-refractivity contribution in [2.24, 2.45) is 0 Å². The number of hydrogen-bond acceptors (Lipinski definition) is 4. The zero-order chi connectivity index (χ0) is 24.1. The molecule has 6 aromatic rings. The van der Waals surface area contributed by atoms with E-state index >= 15 is 0 Å². The summed E-state index contributed by atoms with van der Waals surface area (Å²) in [6.07, 6.45) is 6.57. The van der Waals surface area contributed by atoms with Gasteiger partial charge in [0.25, 0.3) is 0 Å². The molecule has 1 fully saturated rings. The number of nitrogens with one attached hydrogen (secondary N) is 2. The minimum Gasteiger partial charge on any atom is -0.353 e. The van der Waals surface area contributed by atoms with E-state index in [1.807, 2.05) is 23.7 Å². The number of pyridine rings is 1. The molecular formula is C30H27N5S. The Kier molecular flexibility index (Phi) is 5.22. The minimum absolute atomic E-state index is 0.942. The van der Waals surface area contributed by atoms with Gasteiger partial charge >= 0.3 is 0 Å². The number of thiophene rings is 1. The summed E-state index contributed by atoms with van der Waals surface area (Å²) in [5.41, 5.74) is 8.96. The van der Waals surface area contributed by atoms with Crippen LogP contribution in [0.2, 0.25) is 0 Å². The van der Waals surface area contributed by atoms with E-state index in [0.29, 0.717) is 0 Å². The fourth-order valence-electron chi connectivity index (χ4n) is 5.41. The quantitative estimate of drug-likeness (QED) is 0.265. The van der Waals surface area contributed by atoms with Crippen LogP contribution in [-0.2, 0) is 6.54 Å². The number of rotatable bonds is 5. The fourth-order valence-corrected chi connectivity index (χ4v) is 6.31. The predicted octanol–water partition coefficient (Wildman–Crippen LogP) is 7.41. The SMILES string of the molecule is Cc1ccc(-c2cccc3[nH]c(-c4n[nH]c5ccc(-c6cncc(CN7CCCC7)c6)cc45)cc23)s1. The first-order valence-corrected chi connectivity index (χ1v) is 13.4. The molecule has 0 aliphatic carbocycles. The number of hydrogen-bond donors (Lipinski definition) is 2. The molecular weight excluding hydrogens is 462 g/mol. The number of aryl methyl sites for hydroxylation is 1. The molecule has 0 amide bonds. The van der Waals surface area contributed by atoms with E-state index in [1.165, 1.54) is 52.2 Å². The van der Waals surface area contributed by atoms with Gasteiger partial charge in [-0.3, -0.25) is 15.0 Å². The van der Waals surface area contributed by atoms with Crippen LogP contribution in [0.15, 0.2) is 73.1 Å². The number of fused-ring (bicyclic) bond motifs is 2. The van der Waals surface area contributed by atoms with E-state index < -0.39 is 0 Å². The van der Waals surface area contributed by atoms with Gasteiger partial charge in [0.2, 0.25) is 0 Å². The van der Waals surface area contributed by atoms with Crippen molar-refractivity contribution in [3.05, 3.63) is 83.5 Å². The van der Waals surface area contributed by atoms with Gasteiger partial charge in [-0.25, -0.2) is 0 Å². The Labute approximate surface area is 213 Å². The van der Waals surface area contributed by atoms with Gasteiger partial charge in [-0.15, -0.1) is 11.3 Å². The maximum absolute atomic E-state index is 4.71. The molecule has 0 radical (unpaired) electrons. The molecule has 4 aromatic heterocycles. The van der Waals surface area contributed by atoms with Crippen LogP contribution in [0, 0.1) is 6.92 Å². The van der Waals surface area contributed by atoms with Crippen LogP contribution in [0.3, 0.4) is 0 Å². The van der Waals surface area contributed by atoms with Gasteiger partial charge in [0.15, 0.2) is 0 Å². The minimum atomic E-state index is 0.942. The second-order valence-electron chi connectivity index (χ2n) is 9.76. The lowest BCUT2D eigenvalue weighted by atomic mass is 10.0. The number of aromatic amines is 2. The smallest absolute Gasteiger partial charge is 0.116 e. The van der Waals surface area contributed by atoms with Crippen LogP contribution < -0.4 is 0 Å². The largest absolute Gasteiger partial charge is 0.353 e. The van der Waals surface area contributed by atoms with E-state index in [2.05, 4.69) is 87.6 Å². The maximum Gasteiger partial charge on any atom is 0.116 e. The Bertz CT molecular complexity index is 1700. The first-order valence-electron chi connectivity index (χ1n) is 12.5. The summed E-state index contributed by atoms with van der Waals surface area (Å²) >= 11 is 1.83. The zero-order valence-corrected chi connectivity index (χ0v) is 21.0. The monoisotopic (exact) mass is 489 g/mol. The second-order valence-corrected chi connectivity index (χ2v) is 11.0. The van der Waals surface area contributed by atoms with Crippen LogP contribution in [0.4, 0.5) is 0 Å². The summed E-state index contributed by atoms with van der Waals surface area (Å²) in [7, 11) is 0. The third kappa shape index (κ3) is 3.83. The average molecular weight is 490 g/mol. The lowest BCUT2D eigenvalue weighted by Gasteiger charge is -2.14. The van der Waals surface area contributed by atoms with Gasteiger partial charge in [0.05, 0.1) is 11.2 Å². The first-order chi connectivity index (χ1) is 17.7. The van der Waals surface area contributed by atoms with Crippen molar-refractivity contribution in [2.75, 3.05) is 13.1 Å². The van der Waals surface area contributed by atoms with Crippen molar-refractivity contribution in [1.29, 1.82) is 0 Å². The highest BCUT2D eigenvalue weighted by molar-refractivity contribution is 7.15. The normalized spacial score (nSPS) is 14.4. The van der Waals surface area contributed by atoms with Crippen molar-refractivity contribution >= 4 is 33.1 Å². The Balaban J connectivity index is 1.28. The van der Waals surface area contributed by atoms with Crippen molar-refractivity contribution in [1.82, 2.24) is 25.1 Å². The Morgan fingerprint density at radius 1 is 0.889 bits per heavy atom. The fraction of sp³-hybridized carbons (Fsp3) is 0.200. The summed E-state index contributed by atoms with van der Waals surface area (Å²) in [5, 5.41) is 10.3. The molecule has 5 nitrogen and oxygen atoms in total. The standard InChI is InChI=1S/C30H27N5S/c1-19-7-10-29(36-19)23-5-4-6-26-24(23)15-28(32-26)30-25-14-21(8-9-27(25)33-34-30)22-13-20(16-31-17-22)18-35-11-2-3-12-35/h4-10,13-17,32H,2-3,11-12,18H2,1H3,(H,33,34). The van der Waals surface area contributed by atoms with Crippen molar-refractivity contribution in [2.45, 2.75) is 26.3 Å². The highest BCUT2D eigenvalue weighted by atomic mass is 32.1. The molecule has 1 saturated heterocycles. The van der Waals surface area contributed by atoms with Gasteiger partial charge < -0.3 is 4.98 Å². The molecule has 178 valence electrons. The summed E-state index contributed by atoms with van der Waals surface area (Å²) in [4.78, 5) is 13.3. The number of benzene rings is 2. The Hall–Kier alpha value is -3.74. The molecule has 0 atom stereocenters. The molecule has 0 unspecified atom stereocenters. The van der Waals surface area contributed by atoms with Gasteiger partial charge in [0.1, 0.15) is 5.69 Å². The Morgan fingerprint density at radius 2 is 1.81 bits per heavy atom. The van der Waals surface area contributed by atoms with Crippen LogP contribution in [0.5, 0.6) is 0 Å². The molecule has 0 saturated carbocycles. The van der Waals surface area contributed by atoms with Gasteiger partial charge in [-0.1, -0.05) is 18.2 Å². The van der Waals surface area contributed by atoms with Gasteiger partial charge in [-0.2, -0.15) is 5.10 Å². The predicted molar refractivity (Wildman–Crippen MR) is 149 cm³/mol. The second kappa shape index (κ2) is 8.73. The molecule has 2 aromatic carbocycles. The van der Waals surface area contributed by atoms with Crippen LogP contribution in [0.1, 0.15) is 23.3 Å². The van der Waals surface area contributed by atoms with E-state index in [0.717, 1.165) is 45.5 Å². The van der Waals surface area contributed by atoms with Crippen LogP contribution >= 0.6 is 11.3 Å². The Morgan fingerprint density at radius 3 is 2.67 bits per heavy atom. The molecule has 36 heavy (non-hydrogen) atoms. The molecule has 1 aliphatic rings. The zero-order valence-electron chi connectivity index (χ0n) is 20.2. The molecule has 0 bridgehead atoms. The van der Waals surface area contributed by atoms with E-state index in [9.17, 15) is 0 Å². The number of nitrogens with zero attached hydrogens (tertiary/aromatic N) is 3. The third-order valence-electron chi connectivity index (χ3n) is 7.22. The molecule has 1 aliphatic heterocycles. The number of likely N-dealkylation sites (tertiary alicyclic amines) is 1. The molecule has 6 heteroatoms. The van der Waals surface area contributed by atoms with Crippen molar-refractivity contribution in [3.63, 3.8) is 0 Å². The highest BCUT2D eigenvalue weighted by Crippen LogP contribution is 2.37. The van der Waals surface area contributed by atoms with Crippen LogP contribution in [0.25, 0.3) is 54.8 Å². The van der Waals surface area contributed by atoms with E-state index in [1.54, 1.807) is 0 Å². The topological polar surface area (TPSA) is 60.6 Å². The third-order valence-corrected chi connectivity index (χ3v) is 8.25. The summed E-state index contributed by atoms with van der Waals surface area (Å²) in [5.74, 6) is 0. The summed E-state index contributed by atoms with van der Waals surface area (Å²) in [6.45, 7) is 5.50. The van der Waals surface area contributed by atoms with E-state index in [-0.39, 0.29) is 0 Å². The van der Waals surface area contributed by atoms with E-state index in [4.69, 9.17) is 5.10 Å². The van der Waals surface area contributed by atoms with Crippen molar-refractivity contribution < 1.29 is 0 Å². The number of aromatic nitrogens is 4. The lowest BCUT2D eigenvalue weighted by molar-refractivity contribution is 0.331. The molecule has 5 heterocycles. The molecule has 7 rings (SSSR count). The first kappa shape index (κ1) is 21.5. The van der Waals surface area contributed by atoms with Crippen LogP contribution in [-0.4, -0.2) is 38.2 Å².